The molecular weight excluding hydrogens is 327 g/mol. The molecule has 0 aromatic carbocycles. The van der Waals surface area contributed by atoms with Crippen molar-refractivity contribution in [3.63, 3.8) is 0 Å². The van der Waals surface area contributed by atoms with Crippen LogP contribution in [0.2, 0.25) is 0 Å². The van der Waals surface area contributed by atoms with Crippen LogP contribution in [-0.4, -0.2) is 41.7 Å². The van der Waals surface area contributed by atoms with Gasteiger partial charge in [0.15, 0.2) is 0 Å². The van der Waals surface area contributed by atoms with Crippen molar-refractivity contribution in [3.05, 3.63) is 15.0 Å². The van der Waals surface area contributed by atoms with Gasteiger partial charge in [0.1, 0.15) is 11.6 Å². The van der Waals surface area contributed by atoms with Gasteiger partial charge in [0, 0.05) is 25.4 Å². The third-order valence-electron chi connectivity index (χ3n) is 3.05. The molecule has 0 fully saturated rings. The molecule has 0 atom stereocenters. The molecule has 0 radical (unpaired) electrons. The third kappa shape index (κ3) is 21.1. The van der Waals surface area contributed by atoms with E-state index in [-0.39, 0.29) is 46.7 Å². The van der Waals surface area contributed by atoms with Crippen LogP contribution in [0.15, 0.2) is 10.6 Å². The van der Waals surface area contributed by atoms with Crippen LogP contribution < -0.4 is 34.9 Å². The van der Waals surface area contributed by atoms with Gasteiger partial charge in [-0.2, -0.15) is 0 Å². The molecule has 1 N–H and O–H groups in total. The minimum absolute atomic E-state index is 0. The second-order valence-electron chi connectivity index (χ2n) is 6.38. The van der Waals surface area contributed by atoms with Crippen LogP contribution in [0, 0.1) is 15.0 Å². The van der Waals surface area contributed by atoms with Crippen molar-refractivity contribution in [3.8, 4) is 0 Å². The molecule has 0 bridgehead atoms. The van der Waals surface area contributed by atoms with Gasteiger partial charge in [-0.15, -0.1) is 10.2 Å². The minimum atomic E-state index is -0.465. The molecule has 0 aromatic heterocycles. The third-order valence-corrected chi connectivity index (χ3v) is 3.05. The minimum Gasteiger partial charge on any atom is -0.444 e. The number of ketones is 2. The van der Waals surface area contributed by atoms with E-state index in [2.05, 4.69) is 10.6 Å². The van der Waals surface area contributed by atoms with Crippen LogP contribution >= 0.6 is 0 Å². The van der Waals surface area contributed by atoms with Gasteiger partial charge in [-0.3, -0.25) is 14.6 Å². The summed E-state index contributed by atoms with van der Waals surface area (Å²) in [6.45, 7) is 10.7. The maximum absolute atomic E-state index is 10.7. The van der Waals surface area contributed by atoms with Gasteiger partial charge >= 0.3 is 29.6 Å². The van der Waals surface area contributed by atoms with Crippen LogP contribution in [0.25, 0.3) is 0 Å². The van der Waals surface area contributed by atoms with E-state index in [0.29, 0.717) is 12.8 Å². The fraction of sp³-hybridized carbons (Fsp3) is 0.857. The van der Waals surface area contributed by atoms with E-state index in [1.807, 2.05) is 20.9 Å². The van der Waals surface area contributed by atoms with Crippen molar-refractivity contribution < 1.29 is 39.1 Å². The van der Waals surface area contributed by atoms with Gasteiger partial charge in [0.2, 0.25) is 0 Å². The zero-order valence-corrected chi connectivity index (χ0v) is 18.3. The van der Waals surface area contributed by atoms with Crippen LogP contribution in [0.4, 0.5) is 0 Å². The molecule has 0 spiro atoms. The second-order valence-corrected chi connectivity index (χ2v) is 6.38. The Balaban J connectivity index is -0.000000140. The molecule has 0 saturated carbocycles. The predicted molar refractivity (Wildman–Crippen MR) is 90.5 cm³/mol. The van der Waals surface area contributed by atoms with Gasteiger partial charge in [0.25, 0.3) is 0 Å². The number of carbonyl (C=O) groups excluding carboxylic acids is 2. The summed E-state index contributed by atoms with van der Waals surface area (Å²) in [4.78, 5) is 39.4. The molecule has 0 unspecified atom stereocenters. The molecule has 24 heavy (non-hydrogen) atoms. The number of rotatable bonds is 7. The first kappa shape index (κ1) is 30.9. The van der Waals surface area contributed by atoms with Gasteiger partial charge in [-0.25, -0.2) is 0 Å². The fourth-order valence-corrected chi connectivity index (χ4v) is 1.54. The number of hydrogen-bond acceptors (Lipinski definition) is 8. The average Bonchev–Trinajstić information content (AvgIpc) is 2.36. The Morgan fingerprint density at radius 1 is 1.04 bits per heavy atom. The second kappa shape index (κ2) is 15.6. The average molecular weight is 356 g/mol. The Morgan fingerprint density at radius 3 is 1.54 bits per heavy atom. The number of carbonyl (C=O) groups is 2. The topological polar surface area (TPSA) is 131 Å². The quantitative estimate of drug-likeness (QED) is 0.372. The van der Waals surface area contributed by atoms with Crippen molar-refractivity contribution in [2.45, 2.75) is 65.5 Å². The zero-order chi connectivity index (χ0) is 19.3. The summed E-state index contributed by atoms with van der Waals surface area (Å²) in [5.41, 5.74) is -0.501. The molecular formula is C14H29N4NaO5. The number of hydrogen-bond donors (Lipinski definition) is 1. The van der Waals surface area contributed by atoms with Crippen LogP contribution in [-0.2, 0) is 9.59 Å². The number of nitrogens with one attached hydrogen (secondary N) is 1. The molecule has 0 amide bonds. The van der Waals surface area contributed by atoms with E-state index in [0.717, 1.165) is 5.34 Å². The van der Waals surface area contributed by atoms with Gasteiger partial charge in [-0.1, -0.05) is 0 Å². The summed E-state index contributed by atoms with van der Waals surface area (Å²) in [5.74, 6) is 0.292. The normalized spacial score (nSPS) is 9.83. The van der Waals surface area contributed by atoms with E-state index < -0.39 is 5.54 Å². The Hall–Kier alpha value is -0.900. The monoisotopic (exact) mass is 356 g/mol. The molecule has 9 nitrogen and oxygen atoms in total. The molecule has 0 aliphatic heterocycles. The van der Waals surface area contributed by atoms with Crippen molar-refractivity contribution >= 4 is 11.6 Å². The largest absolute Gasteiger partial charge is 1.00 e. The molecule has 0 aliphatic carbocycles. The number of Topliss-reactive ketones (excluding diaryl/α,β-unsaturated/α-hetero) is 2. The molecule has 136 valence electrons. The zero-order valence-electron chi connectivity index (χ0n) is 16.3. The fourth-order valence-electron chi connectivity index (χ4n) is 1.54. The first-order valence-electron chi connectivity index (χ1n) is 6.99. The Kier molecular flexibility index (Phi) is 20.1. The SMILES string of the molecule is CC(=O)CC(C)(C)N(C)N=O.CNC(C)(C)CC(C)=O.O=N[O-].[Na+]. The van der Waals surface area contributed by atoms with Crippen LogP contribution in [0.1, 0.15) is 54.4 Å². The summed E-state index contributed by atoms with van der Waals surface area (Å²) in [7, 11) is 3.43. The maximum atomic E-state index is 10.7. The Bertz CT molecular complexity index is 389. The van der Waals surface area contributed by atoms with Crippen LogP contribution in [0.5, 0.6) is 0 Å². The maximum Gasteiger partial charge on any atom is 1.00 e. The van der Waals surface area contributed by atoms with E-state index in [1.165, 1.54) is 11.9 Å². The number of nitroso groups, excluding NO2 is 1. The van der Waals surface area contributed by atoms with E-state index in [4.69, 9.17) is 10.1 Å². The summed E-state index contributed by atoms with van der Waals surface area (Å²) in [6, 6.07) is 0. The van der Waals surface area contributed by atoms with Gasteiger partial charge in [0.05, 0.1) is 10.8 Å². The standard InChI is InChI=1S/C7H14N2O2.C7H15NO.HNO2.Na/c1-6(10)5-7(2,3)9(4)8-11;1-6(9)5-7(2,3)8-4;2-1-3;/h5H2,1-4H3;8H,5H2,1-4H3;(H,2,3);/q;;;+1/p-1. The molecule has 0 aromatic rings. The van der Waals surface area contributed by atoms with E-state index in [9.17, 15) is 14.5 Å². The van der Waals surface area contributed by atoms with Crippen molar-refractivity contribution in [1.82, 2.24) is 10.3 Å². The van der Waals surface area contributed by atoms with Gasteiger partial charge < -0.3 is 15.4 Å². The van der Waals surface area contributed by atoms with E-state index in [1.54, 1.807) is 27.8 Å². The summed E-state index contributed by atoms with van der Waals surface area (Å²) >= 11 is 0. The van der Waals surface area contributed by atoms with Crippen molar-refractivity contribution in [1.29, 1.82) is 0 Å². The molecule has 0 heterocycles. The summed E-state index contributed by atoms with van der Waals surface area (Å²) in [5, 5.41) is 16.1. The van der Waals surface area contributed by atoms with Crippen LogP contribution in [0.3, 0.4) is 0 Å². The van der Waals surface area contributed by atoms with Gasteiger partial charge in [-0.05, 0) is 48.6 Å². The van der Waals surface area contributed by atoms with Crippen molar-refractivity contribution in [2.24, 2.45) is 10.6 Å². The first-order chi connectivity index (χ1) is 10.3. The molecule has 0 saturated heterocycles. The molecule has 0 rings (SSSR count). The number of nitrogens with zero attached hydrogens (tertiary/aromatic N) is 3. The molecule has 10 heteroatoms. The molecule has 0 aliphatic rings. The van der Waals surface area contributed by atoms with E-state index >= 15 is 0 Å². The predicted octanol–water partition coefficient (Wildman–Crippen LogP) is -0.425. The smallest absolute Gasteiger partial charge is 0.444 e. The first-order valence-corrected chi connectivity index (χ1v) is 6.99. The summed E-state index contributed by atoms with van der Waals surface area (Å²) in [6.07, 6.45) is 0.943. The van der Waals surface area contributed by atoms with Crippen molar-refractivity contribution in [2.75, 3.05) is 14.1 Å². The Morgan fingerprint density at radius 2 is 1.38 bits per heavy atom. The summed E-state index contributed by atoms with van der Waals surface area (Å²) < 4.78 is 0. The Labute approximate surface area is 166 Å².